The van der Waals surface area contributed by atoms with E-state index in [1.54, 1.807) is 0 Å². The van der Waals surface area contributed by atoms with Crippen LogP contribution < -0.4 is 10.5 Å². The highest BCUT2D eigenvalue weighted by atomic mass is 16.5. The Morgan fingerprint density at radius 1 is 1.73 bits per heavy atom. The van der Waals surface area contributed by atoms with Gasteiger partial charge in [-0.1, -0.05) is 0 Å². The molecule has 0 spiro atoms. The Morgan fingerprint density at radius 2 is 2.45 bits per heavy atom. The molecule has 0 aliphatic carbocycles. The van der Waals surface area contributed by atoms with Crippen molar-refractivity contribution >= 4 is 5.69 Å². The van der Waals surface area contributed by atoms with Crippen molar-refractivity contribution in [3.63, 3.8) is 0 Å². The van der Waals surface area contributed by atoms with Crippen molar-refractivity contribution in [2.75, 3.05) is 12.8 Å². The SMILES string of the molecule is COc1cc(N)c(C#N)cn1. The summed E-state index contributed by atoms with van der Waals surface area (Å²) in [6, 6.07) is 3.42. The summed E-state index contributed by atoms with van der Waals surface area (Å²) in [6.45, 7) is 0. The maximum atomic E-state index is 8.47. The van der Waals surface area contributed by atoms with Crippen LogP contribution in [0.1, 0.15) is 5.56 Å². The van der Waals surface area contributed by atoms with Crippen molar-refractivity contribution in [1.29, 1.82) is 5.26 Å². The van der Waals surface area contributed by atoms with Crippen LogP contribution >= 0.6 is 0 Å². The maximum absolute atomic E-state index is 8.47. The molecule has 1 aromatic heterocycles. The fourth-order valence-electron chi connectivity index (χ4n) is 0.656. The zero-order chi connectivity index (χ0) is 8.27. The van der Waals surface area contributed by atoms with Gasteiger partial charge >= 0.3 is 0 Å². The molecule has 0 atom stereocenters. The number of nitrogens with zero attached hydrogens (tertiary/aromatic N) is 2. The van der Waals surface area contributed by atoms with Crippen LogP contribution in [0, 0.1) is 11.3 Å². The normalized spacial score (nSPS) is 8.73. The quantitative estimate of drug-likeness (QED) is 0.632. The Kier molecular flexibility index (Phi) is 1.93. The summed E-state index contributed by atoms with van der Waals surface area (Å²) < 4.78 is 4.79. The number of ether oxygens (including phenoxy) is 1. The molecule has 1 aromatic rings. The molecule has 4 nitrogen and oxygen atoms in total. The van der Waals surface area contributed by atoms with E-state index in [1.807, 2.05) is 6.07 Å². The summed E-state index contributed by atoms with van der Waals surface area (Å²) in [5.74, 6) is 0.418. The molecule has 0 amide bonds. The number of anilines is 1. The molecule has 11 heavy (non-hydrogen) atoms. The zero-order valence-corrected chi connectivity index (χ0v) is 6.03. The summed E-state index contributed by atoms with van der Waals surface area (Å²) in [6.07, 6.45) is 1.38. The third-order valence-electron chi connectivity index (χ3n) is 1.24. The van der Waals surface area contributed by atoms with Gasteiger partial charge in [0, 0.05) is 6.07 Å². The van der Waals surface area contributed by atoms with Crippen LogP contribution in [0.15, 0.2) is 12.3 Å². The van der Waals surface area contributed by atoms with E-state index < -0.39 is 0 Å². The molecule has 0 aliphatic rings. The van der Waals surface area contributed by atoms with Gasteiger partial charge in [-0.2, -0.15) is 5.26 Å². The van der Waals surface area contributed by atoms with Gasteiger partial charge in [0.1, 0.15) is 6.07 Å². The van der Waals surface area contributed by atoms with Crippen molar-refractivity contribution in [1.82, 2.24) is 4.98 Å². The van der Waals surface area contributed by atoms with Crippen molar-refractivity contribution in [3.8, 4) is 11.9 Å². The molecule has 56 valence electrons. The lowest BCUT2D eigenvalue weighted by Gasteiger charge is -1.99. The molecule has 0 fully saturated rings. The summed E-state index contributed by atoms with van der Waals surface area (Å²) in [5, 5.41) is 8.47. The summed E-state index contributed by atoms with van der Waals surface area (Å²) in [5.41, 5.74) is 6.22. The standard InChI is InChI=1S/C7H7N3O/c1-11-7-2-6(9)5(3-8)4-10-7/h2,4H,1H3,(H2,9,10). The molecule has 0 saturated carbocycles. The van der Waals surface area contributed by atoms with Crippen LogP contribution in [0.5, 0.6) is 5.88 Å². The first-order chi connectivity index (χ1) is 5.27. The zero-order valence-electron chi connectivity index (χ0n) is 6.03. The van der Waals surface area contributed by atoms with Crippen LogP contribution in [0.4, 0.5) is 5.69 Å². The van der Waals surface area contributed by atoms with Crippen molar-refractivity contribution in [2.45, 2.75) is 0 Å². The molecule has 1 heterocycles. The monoisotopic (exact) mass is 149 g/mol. The number of methoxy groups -OCH3 is 1. The first kappa shape index (κ1) is 7.35. The smallest absolute Gasteiger partial charge is 0.215 e. The molecular formula is C7H7N3O. The molecule has 0 saturated heterocycles. The number of rotatable bonds is 1. The van der Waals surface area contributed by atoms with Gasteiger partial charge in [0.2, 0.25) is 5.88 Å². The number of hydrogen-bond acceptors (Lipinski definition) is 4. The van der Waals surface area contributed by atoms with Gasteiger partial charge in [0.05, 0.1) is 24.6 Å². The molecule has 0 aromatic carbocycles. The highest BCUT2D eigenvalue weighted by Crippen LogP contribution is 2.14. The van der Waals surface area contributed by atoms with E-state index in [1.165, 1.54) is 19.4 Å². The van der Waals surface area contributed by atoms with E-state index in [-0.39, 0.29) is 0 Å². The lowest BCUT2D eigenvalue weighted by atomic mass is 10.2. The highest BCUT2D eigenvalue weighted by Gasteiger charge is 1.99. The number of nitriles is 1. The second kappa shape index (κ2) is 2.88. The number of nitrogen functional groups attached to an aromatic ring is 1. The van der Waals surface area contributed by atoms with E-state index in [4.69, 9.17) is 15.7 Å². The Morgan fingerprint density at radius 3 is 2.91 bits per heavy atom. The van der Waals surface area contributed by atoms with Crippen molar-refractivity contribution in [3.05, 3.63) is 17.8 Å². The minimum atomic E-state index is 0.366. The Bertz CT molecular complexity index is 303. The first-order valence-electron chi connectivity index (χ1n) is 2.97. The second-order valence-electron chi connectivity index (χ2n) is 1.93. The van der Waals surface area contributed by atoms with E-state index in [0.717, 1.165) is 0 Å². The fraction of sp³-hybridized carbons (Fsp3) is 0.143. The van der Waals surface area contributed by atoms with Crippen molar-refractivity contribution < 1.29 is 4.74 Å². The molecule has 1 rings (SSSR count). The van der Waals surface area contributed by atoms with Gasteiger partial charge in [0.25, 0.3) is 0 Å². The van der Waals surface area contributed by atoms with Crippen LogP contribution in [-0.2, 0) is 0 Å². The van der Waals surface area contributed by atoms with Crippen LogP contribution in [0.2, 0.25) is 0 Å². The molecule has 0 radical (unpaired) electrons. The van der Waals surface area contributed by atoms with Crippen molar-refractivity contribution in [2.24, 2.45) is 0 Å². The number of aromatic nitrogens is 1. The predicted octanol–water partition coefficient (Wildman–Crippen LogP) is 0.544. The average molecular weight is 149 g/mol. The largest absolute Gasteiger partial charge is 0.481 e. The fourth-order valence-corrected chi connectivity index (χ4v) is 0.656. The minimum Gasteiger partial charge on any atom is -0.481 e. The minimum absolute atomic E-state index is 0.366. The van der Waals surface area contributed by atoms with Gasteiger partial charge in [0.15, 0.2) is 0 Å². The second-order valence-corrected chi connectivity index (χ2v) is 1.93. The number of pyridine rings is 1. The van der Waals surface area contributed by atoms with Gasteiger partial charge in [-0.05, 0) is 0 Å². The van der Waals surface area contributed by atoms with E-state index in [9.17, 15) is 0 Å². The van der Waals surface area contributed by atoms with E-state index in [0.29, 0.717) is 17.1 Å². The van der Waals surface area contributed by atoms with E-state index >= 15 is 0 Å². The Hall–Kier alpha value is -1.76. The number of nitrogens with two attached hydrogens (primary N) is 1. The topological polar surface area (TPSA) is 71.9 Å². The van der Waals surface area contributed by atoms with Gasteiger partial charge < -0.3 is 10.5 Å². The van der Waals surface area contributed by atoms with Crippen LogP contribution in [0.25, 0.3) is 0 Å². The molecular weight excluding hydrogens is 142 g/mol. The van der Waals surface area contributed by atoms with Gasteiger partial charge in [-0.3, -0.25) is 0 Å². The summed E-state index contributed by atoms with van der Waals surface area (Å²) in [7, 11) is 1.49. The van der Waals surface area contributed by atoms with Crippen LogP contribution in [-0.4, -0.2) is 12.1 Å². The molecule has 0 bridgehead atoms. The summed E-state index contributed by atoms with van der Waals surface area (Å²) in [4.78, 5) is 3.80. The predicted molar refractivity (Wildman–Crippen MR) is 39.9 cm³/mol. The molecule has 2 N–H and O–H groups in total. The lowest BCUT2D eigenvalue weighted by Crippen LogP contribution is -1.94. The lowest BCUT2D eigenvalue weighted by molar-refractivity contribution is 0.398. The van der Waals surface area contributed by atoms with Crippen LogP contribution in [0.3, 0.4) is 0 Å². The highest BCUT2D eigenvalue weighted by molar-refractivity contribution is 5.54. The third-order valence-corrected chi connectivity index (χ3v) is 1.24. The average Bonchev–Trinajstić information content (AvgIpc) is 2.04. The van der Waals surface area contributed by atoms with E-state index in [2.05, 4.69) is 4.98 Å². The number of hydrogen-bond donors (Lipinski definition) is 1. The molecule has 4 heteroatoms. The summed E-state index contributed by atoms with van der Waals surface area (Å²) >= 11 is 0. The molecule has 0 unspecified atom stereocenters. The van der Waals surface area contributed by atoms with Gasteiger partial charge in [-0.15, -0.1) is 0 Å². The molecule has 0 aliphatic heterocycles. The third kappa shape index (κ3) is 1.38. The Balaban J connectivity index is 3.12. The Labute approximate surface area is 64.2 Å². The first-order valence-corrected chi connectivity index (χ1v) is 2.97. The maximum Gasteiger partial charge on any atom is 0.215 e. The van der Waals surface area contributed by atoms with Gasteiger partial charge in [-0.25, -0.2) is 4.98 Å².